The van der Waals surface area contributed by atoms with E-state index in [0.29, 0.717) is 11.6 Å². The van der Waals surface area contributed by atoms with Crippen molar-refractivity contribution in [2.45, 2.75) is 38.3 Å². The normalized spacial score (nSPS) is 24.1. The molecule has 0 saturated carbocycles. The number of fused-ring (bicyclic) bond motifs is 4. The standard InChI is InChI=1S/C20H27N5O.2CH2O2/c26-20(21-18-13-25-9-5-15(18)6-10-25)19-16-11-14(3-4-17(16)22-23-19)12-24-7-1-2-8-24;2*2-1-3/h3-4,11,15,18H,1-2,5-10,12-13H2,(H,21,26)(H,22,23);2*1H,(H,2,3)/t18-;;/m1../s1. The van der Waals surface area contributed by atoms with Gasteiger partial charge in [-0.25, -0.2) is 0 Å². The molecule has 2 bridgehead atoms. The summed E-state index contributed by atoms with van der Waals surface area (Å²) in [6.07, 6.45) is 4.99. The van der Waals surface area contributed by atoms with Gasteiger partial charge in [0.05, 0.1) is 5.52 Å². The van der Waals surface area contributed by atoms with Crippen molar-refractivity contribution in [2.24, 2.45) is 5.92 Å². The molecule has 4 aliphatic rings. The maximum Gasteiger partial charge on any atom is 0.290 e. The van der Waals surface area contributed by atoms with E-state index in [1.54, 1.807) is 0 Å². The Hall–Kier alpha value is -2.98. The van der Waals surface area contributed by atoms with Gasteiger partial charge in [-0.15, -0.1) is 0 Å². The quantitative estimate of drug-likeness (QED) is 0.518. The van der Waals surface area contributed by atoms with Gasteiger partial charge in [0.1, 0.15) is 0 Å². The van der Waals surface area contributed by atoms with E-state index in [1.165, 1.54) is 57.4 Å². The highest BCUT2D eigenvalue weighted by atomic mass is 16.3. The molecule has 1 atom stereocenters. The molecule has 4 fully saturated rings. The van der Waals surface area contributed by atoms with Gasteiger partial charge in [0.2, 0.25) is 0 Å². The minimum atomic E-state index is -0.250. The molecule has 10 nitrogen and oxygen atoms in total. The highest BCUT2D eigenvalue weighted by molar-refractivity contribution is 6.04. The van der Waals surface area contributed by atoms with Crippen LogP contribution >= 0.6 is 0 Å². The molecule has 0 spiro atoms. The fourth-order valence-electron chi connectivity index (χ4n) is 4.90. The summed E-state index contributed by atoms with van der Waals surface area (Å²) < 4.78 is 0. The molecule has 0 unspecified atom stereocenters. The molecule has 5 heterocycles. The monoisotopic (exact) mass is 445 g/mol. The summed E-state index contributed by atoms with van der Waals surface area (Å²) >= 11 is 0. The third kappa shape index (κ3) is 5.83. The Morgan fingerprint density at radius 3 is 2.38 bits per heavy atom. The first-order valence-corrected chi connectivity index (χ1v) is 11.0. The van der Waals surface area contributed by atoms with Crippen LogP contribution in [0.25, 0.3) is 10.9 Å². The van der Waals surface area contributed by atoms with Crippen molar-refractivity contribution >= 4 is 29.8 Å². The van der Waals surface area contributed by atoms with Gasteiger partial charge in [-0.3, -0.25) is 24.4 Å². The lowest BCUT2D eigenvalue weighted by molar-refractivity contribution is -0.123. The van der Waals surface area contributed by atoms with Gasteiger partial charge in [0.15, 0.2) is 5.69 Å². The Morgan fingerprint density at radius 1 is 1.12 bits per heavy atom. The molecular formula is C22H31N5O5. The van der Waals surface area contributed by atoms with Crippen LogP contribution in [-0.4, -0.2) is 87.8 Å². The summed E-state index contributed by atoms with van der Waals surface area (Å²) in [5.74, 6) is 0.591. The van der Waals surface area contributed by atoms with Gasteiger partial charge < -0.3 is 20.4 Å². The van der Waals surface area contributed by atoms with E-state index in [-0.39, 0.29) is 24.9 Å². The summed E-state index contributed by atoms with van der Waals surface area (Å²) in [7, 11) is 0. The second-order valence-electron chi connectivity index (χ2n) is 8.36. The van der Waals surface area contributed by atoms with E-state index in [4.69, 9.17) is 19.8 Å². The van der Waals surface area contributed by atoms with Gasteiger partial charge in [-0.1, -0.05) is 6.07 Å². The van der Waals surface area contributed by atoms with Gasteiger partial charge >= 0.3 is 0 Å². The van der Waals surface area contributed by atoms with Crippen LogP contribution in [0.15, 0.2) is 18.2 Å². The van der Waals surface area contributed by atoms with Crippen LogP contribution in [0.1, 0.15) is 41.7 Å². The summed E-state index contributed by atoms with van der Waals surface area (Å²) in [4.78, 5) is 34.6. The summed E-state index contributed by atoms with van der Waals surface area (Å²) in [6.45, 7) is 6.16. The lowest BCUT2D eigenvalue weighted by atomic mass is 9.84. The molecule has 0 aliphatic carbocycles. The number of nitrogens with zero attached hydrogens (tertiary/aromatic N) is 3. The zero-order valence-corrected chi connectivity index (χ0v) is 18.1. The highest BCUT2D eigenvalue weighted by Gasteiger charge is 2.35. The Morgan fingerprint density at radius 2 is 1.78 bits per heavy atom. The average Bonchev–Trinajstić information content (AvgIpc) is 3.45. The molecule has 0 radical (unpaired) electrons. The van der Waals surface area contributed by atoms with E-state index in [1.807, 2.05) is 0 Å². The van der Waals surface area contributed by atoms with Crippen molar-refractivity contribution in [2.75, 3.05) is 32.7 Å². The number of likely N-dealkylation sites (tertiary alicyclic amines) is 1. The van der Waals surface area contributed by atoms with Crippen LogP contribution in [0.4, 0.5) is 0 Å². The van der Waals surface area contributed by atoms with Crippen LogP contribution in [-0.2, 0) is 16.1 Å². The second kappa shape index (κ2) is 11.6. The molecule has 174 valence electrons. The maximum atomic E-state index is 12.9. The lowest BCUT2D eigenvalue weighted by Crippen LogP contribution is -2.57. The van der Waals surface area contributed by atoms with Gasteiger partial charge in [-0.2, -0.15) is 5.10 Å². The van der Waals surface area contributed by atoms with Crippen LogP contribution < -0.4 is 5.32 Å². The number of benzene rings is 1. The maximum absolute atomic E-state index is 12.9. The van der Waals surface area contributed by atoms with Crippen molar-refractivity contribution in [1.29, 1.82) is 0 Å². The minimum Gasteiger partial charge on any atom is -0.483 e. The molecule has 4 N–H and O–H groups in total. The molecule has 6 rings (SSSR count). The van der Waals surface area contributed by atoms with Crippen LogP contribution in [0.2, 0.25) is 0 Å². The van der Waals surface area contributed by atoms with E-state index in [9.17, 15) is 4.79 Å². The average molecular weight is 446 g/mol. The van der Waals surface area contributed by atoms with Crippen LogP contribution in [0, 0.1) is 5.92 Å². The zero-order valence-electron chi connectivity index (χ0n) is 18.1. The van der Waals surface area contributed by atoms with Crippen molar-refractivity contribution in [3.63, 3.8) is 0 Å². The number of aromatic amines is 1. The Balaban J connectivity index is 0.000000437. The van der Waals surface area contributed by atoms with Gasteiger partial charge in [0, 0.05) is 24.5 Å². The molecule has 1 aromatic carbocycles. The molecule has 4 aliphatic heterocycles. The first-order chi connectivity index (χ1) is 15.6. The Kier molecular flexibility index (Phi) is 8.57. The van der Waals surface area contributed by atoms with E-state index in [2.05, 4.69) is 43.5 Å². The molecule has 32 heavy (non-hydrogen) atoms. The first-order valence-electron chi connectivity index (χ1n) is 11.0. The number of hydrogen-bond donors (Lipinski definition) is 4. The third-order valence-corrected chi connectivity index (χ3v) is 6.42. The SMILES string of the molecule is O=C(N[C@@H]1CN2CCC1CC2)c1n[nH]c2ccc(CN3CCCC3)cc12.O=CO.O=CO. The van der Waals surface area contributed by atoms with Crippen LogP contribution in [0.3, 0.4) is 0 Å². The van der Waals surface area contributed by atoms with Gasteiger partial charge in [-0.05, 0) is 75.5 Å². The smallest absolute Gasteiger partial charge is 0.290 e. The molecular weight excluding hydrogens is 414 g/mol. The van der Waals surface area contributed by atoms with Crippen LogP contribution in [0.5, 0.6) is 0 Å². The predicted octanol–water partition coefficient (Wildman–Crippen LogP) is 1.38. The Bertz CT molecular complexity index is 897. The van der Waals surface area contributed by atoms with Crippen molar-refractivity contribution in [1.82, 2.24) is 25.3 Å². The van der Waals surface area contributed by atoms with Crippen molar-refractivity contribution in [3.05, 3.63) is 29.5 Å². The number of H-pyrrole nitrogens is 1. The minimum absolute atomic E-state index is 0.0340. The predicted molar refractivity (Wildman–Crippen MR) is 118 cm³/mol. The molecule has 10 heteroatoms. The summed E-state index contributed by atoms with van der Waals surface area (Å²) in [6, 6.07) is 6.61. The number of aromatic nitrogens is 2. The topological polar surface area (TPSA) is 139 Å². The highest BCUT2D eigenvalue weighted by Crippen LogP contribution is 2.28. The molecule has 1 amide bonds. The number of piperidine rings is 3. The molecule has 1 aromatic heterocycles. The fraction of sp³-hybridized carbons (Fsp3) is 0.545. The number of nitrogens with one attached hydrogen (secondary N) is 2. The largest absolute Gasteiger partial charge is 0.483 e. The van der Waals surface area contributed by atoms with Gasteiger partial charge in [0.25, 0.3) is 18.9 Å². The number of hydrogen-bond acceptors (Lipinski definition) is 6. The van der Waals surface area contributed by atoms with E-state index < -0.39 is 0 Å². The zero-order chi connectivity index (χ0) is 22.9. The number of carboxylic acid groups (broad SMARTS) is 2. The van der Waals surface area contributed by atoms with E-state index in [0.717, 1.165) is 24.0 Å². The number of carbonyl (C=O) groups excluding carboxylic acids is 1. The number of carbonyl (C=O) groups is 3. The fourth-order valence-corrected chi connectivity index (χ4v) is 4.90. The first kappa shape index (κ1) is 23.7. The second-order valence-corrected chi connectivity index (χ2v) is 8.36. The third-order valence-electron chi connectivity index (χ3n) is 6.42. The van der Waals surface area contributed by atoms with E-state index >= 15 is 0 Å². The summed E-state index contributed by atoms with van der Waals surface area (Å²) in [5.41, 5.74) is 2.74. The Labute approximate surface area is 186 Å². The van der Waals surface area contributed by atoms with Crippen molar-refractivity contribution in [3.8, 4) is 0 Å². The molecule has 4 saturated heterocycles. The van der Waals surface area contributed by atoms with Crippen molar-refractivity contribution < 1.29 is 24.6 Å². The number of rotatable bonds is 4. The molecule has 2 aromatic rings. The number of amides is 1. The lowest BCUT2D eigenvalue weighted by Gasteiger charge is -2.44. The summed E-state index contributed by atoms with van der Waals surface area (Å²) in [5, 5.41) is 25.3.